The molecule has 0 saturated carbocycles. The molecule has 0 spiro atoms. The highest BCUT2D eigenvalue weighted by Crippen LogP contribution is 2.02. The van der Waals surface area contributed by atoms with E-state index < -0.39 is 0 Å². The molecular weight excluding hydrogens is 272 g/mol. The molecule has 0 fully saturated rings. The van der Waals surface area contributed by atoms with Crippen molar-refractivity contribution in [2.24, 2.45) is 0 Å². The molecule has 2 N–H and O–H groups in total. The van der Waals surface area contributed by atoms with Gasteiger partial charge in [0.1, 0.15) is 0 Å². The van der Waals surface area contributed by atoms with Crippen molar-refractivity contribution in [3.8, 4) is 0 Å². The van der Waals surface area contributed by atoms with Crippen LogP contribution >= 0.6 is 0 Å². The van der Waals surface area contributed by atoms with Gasteiger partial charge in [-0.3, -0.25) is 0 Å². The highest BCUT2D eigenvalue weighted by atomic mass is 16.5. The van der Waals surface area contributed by atoms with Crippen LogP contribution < -0.4 is 0 Å². The number of rotatable bonds is 15. The summed E-state index contributed by atoms with van der Waals surface area (Å²) in [4.78, 5) is 0. The second-order valence-electron chi connectivity index (χ2n) is 4.70. The maximum atomic E-state index is 8.26. The minimum absolute atomic E-state index is 0.0417. The topological polar surface area (TPSA) is 68.2 Å². The molecule has 0 saturated heterocycles. The standard InChI is InChI=1S/C10H22O.C6H14O4/c1-3-5-6-7-8-10-11-9-4-2;7-1-3-9-5-6-10-4-2-8/h3-10H2,1-2H3;7-8H,1-6H2. The maximum Gasteiger partial charge on any atom is 0.0701 e. The fraction of sp³-hybridized carbons (Fsp3) is 1.00. The van der Waals surface area contributed by atoms with Gasteiger partial charge in [-0.1, -0.05) is 39.5 Å². The Balaban J connectivity index is 0. The van der Waals surface area contributed by atoms with Crippen LogP contribution in [0.15, 0.2) is 0 Å². The summed E-state index contributed by atoms with van der Waals surface area (Å²) in [6, 6.07) is 0. The van der Waals surface area contributed by atoms with Gasteiger partial charge in [0.05, 0.1) is 39.6 Å². The fourth-order valence-electron chi connectivity index (χ4n) is 1.51. The lowest BCUT2D eigenvalue weighted by molar-refractivity contribution is 0.0222. The Bertz CT molecular complexity index is 140. The molecule has 0 heterocycles. The molecule has 0 aliphatic heterocycles. The number of hydrogen-bond acceptors (Lipinski definition) is 5. The molecule has 0 aliphatic rings. The van der Waals surface area contributed by atoms with Gasteiger partial charge in [-0.15, -0.1) is 0 Å². The average molecular weight is 308 g/mol. The van der Waals surface area contributed by atoms with Crippen LogP contribution in [0.3, 0.4) is 0 Å². The molecule has 21 heavy (non-hydrogen) atoms. The molecule has 0 atom stereocenters. The van der Waals surface area contributed by atoms with Crippen molar-refractivity contribution in [2.45, 2.75) is 52.4 Å². The van der Waals surface area contributed by atoms with Crippen molar-refractivity contribution >= 4 is 0 Å². The lowest BCUT2D eigenvalue weighted by Crippen LogP contribution is -2.09. The molecule has 0 aliphatic carbocycles. The molecule has 0 bridgehead atoms. The van der Waals surface area contributed by atoms with E-state index in [1.807, 2.05) is 0 Å². The van der Waals surface area contributed by atoms with Gasteiger partial charge in [0.15, 0.2) is 0 Å². The van der Waals surface area contributed by atoms with Crippen LogP contribution in [0.1, 0.15) is 52.4 Å². The van der Waals surface area contributed by atoms with Crippen LogP contribution in [0.2, 0.25) is 0 Å². The molecule has 0 rings (SSSR count). The predicted molar refractivity (Wildman–Crippen MR) is 85.7 cm³/mol. The third-order valence-electron chi connectivity index (χ3n) is 2.58. The molecule has 0 aromatic heterocycles. The van der Waals surface area contributed by atoms with E-state index in [0.29, 0.717) is 26.4 Å². The number of aliphatic hydroxyl groups excluding tert-OH is 2. The molecule has 5 nitrogen and oxygen atoms in total. The smallest absolute Gasteiger partial charge is 0.0701 e. The number of unbranched alkanes of at least 4 members (excludes halogenated alkanes) is 4. The first-order valence-electron chi connectivity index (χ1n) is 8.28. The monoisotopic (exact) mass is 308 g/mol. The van der Waals surface area contributed by atoms with Crippen LogP contribution in [-0.2, 0) is 14.2 Å². The second-order valence-corrected chi connectivity index (χ2v) is 4.70. The van der Waals surface area contributed by atoms with E-state index in [0.717, 1.165) is 19.6 Å². The fourth-order valence-corrected chi connectivity index (χ4v) is 1.51. The Morgan fingerprint density at radius 1 is 0.524 bits per heavy atom. The molecule has 0 radical (unpaired) electrons. The Kier molecular flexibility index (Phi) is 27.2. The summed E-state index contributed by atoms with van der Waals surface area (Å²) in [7, 11) is 0. The first-order chi connectivity index (χ1) is 10.3. The second kappa shape index (κ2) is 24.8. The van der Waals surface area contributed by atoms with E-state index in [-0.39, 0.29) is 13.2 Å². The SMILES string of the molecule is CCCCCCCOCCC.OCCOCCOCCO. The van der Waals surface area contributed by atoms with Gasteiger partial charge in [0.2, 0.25) is 0 Å². The molecule has 0 aromatic rings. The van der Waals surface area contributed by atoms with Crippen LogP contribution in [0.25, 0.3) is 0 Å². The van der Waals surface area contributed by atoms with Gasteiger partial charge < -0.3 is 24.4 Å². The third kappa shape index (κ3) is 28.6. The van der Waals surface area contributed by atoms with Crippen molar-refractivity contribution in [2.75, 3.05) is 52.9 Å². The quantitative estimate of drug-likeness (QED) is 0.455. The van der Waals surface area contributed by atoms with E-state index in [2.05, 4.69) is 13.8 Å². The van der Waals surface area contributed by atoms with Gasteiger partial charge in [0, 0.05) is 13.2 Å². The number of hydrogen-bond donors (Lipinski definition) is 2. The Labute approximate surface area is 130 Å². The highest BCUT2D eigenvalue weighted by Gasteiger charge is 1.88. The van der Waals surface area contributed by atoms with E-state index in [1.165, 1.54) is 32.1 Å². The summed E-state index contributed by atoms with van der Waals surface area (Å²) < 4.78 is 15.1. The molecule has 130 valence electrons. The van der Waals surface area contributed by atoms with Crippen molar-refractivity contribution < 1.29 is 24.4 Å². The van der Waals surface area contributed by atoms with E-state index in [9.17, 15) is 0 Å². The van der Waals surface area contributed by atoms with Gasteiger partial charge in [0.25, 0.3) is 0 Å². The zero-order chi connectivity index (χ0) is 16.0. The maximum absolute atomic E-state index is 8.26. The summed E-state index contributed by atoms with van der Waals surface area (Å²) >= 11 is 0. The molecular formula is C16H36O5. The average Bonchev–Trinajstić information content (AvgIpc) is 2.51. The van der Waals surface area contributed by atoms with E-state index in [1.54, 1.807) is 0 Å². The zero-order valence-electron chi connectivity index (χ0n) is 14.0. The van der Waals surface area contributed by atoms with Gasteiger partial charge in [-0.2, -0.15) is 0 Å². The van der Waals surface area contributed by atoms with Gasteiger partial charge >= 0.3 is 0 Å². The zero-order valence-corrected chi connectivity index (χ0v) is 14.0. The number of aliphatic hydroxyl groups is 2. The predicted octanol–water partition coefficient (Wildman–Crippen LogP) is 2.39. The Morgan fingerprint density at radius 2 is 1.05 bits per heavy atom. The van der Waals surface area contributed by atoms with Crippen molar-refractivity contribution in [1.82, 2.24) is 0 Å². The largest absolute Gasteiger partial charge is 0.394 e. The molecule has 0 unspecified atom stereocenters. The molecule has 0 aromatic carbocycles. The van der Waals surface area contributed by atoms with Crippen molar-refractivity contribution in [1.29, 1.82) is 0 Å². The van der Waals surface area contributed by atoms with E-state index >= 15 is 0 Å². The summed E-state index contributed by atoms with van der Waals surface area (Å²) in [6.07, 6.45) is 7.84. The lowest BCUT2D eigenvalue weighted by atomic mass is 10.2. The molecule has 5 heteroatoms. The third-order valence-corrected chi connectivity index (χ3v) is 2.58. The first kappa shape index (κ1) is 23.1. The highest BCUT2D eigenvalue weighted by molar-refractivity contribution is 4.41. The van der Waals surface area contributed by atoms with Crippen LogP contribution in [0, 0.1) is 0 Å². The minimum Gasteiger partial charge on any atom is -0.394 e. The lowest BCUT2D eigenvalue weighted by Gasteiger charge is -2.01. The first-order valence-corrected chi connectivity index (χ1v) is 8.28. The summed E-state index contributed by atoms with van der Waals surface area (Å²) in [5, 5.41) is 16.5. The van der Waals surface area contributed by atoms with Crippen LogP contribution in [0.5, 0.6) is 0 Å². The van der Waals surface area contributed by atoms with E-state index in [4.69, 9.17) is 24.4 Å². The number of ether oxygens (including phenoxy) is 3. The normalized spacial score (nSPS) is 10.3. The summed E-state index contributed by atoms with van der Waals surface area (Å²) in [5.74, 6) is 0. The Morgan fingerprint density at radius 3 is 1.52 bits per heavy atom. The van der Waals surface area contributed by atoms with Gasteiger partial charge in [-0.25, -0.2) is 0 Å². The van der Waals surface area contributed by atoms with Crippen molar-refractivity contribution in [3.05, 3.63) is 0 Å². The summed E-state index contributed by atoms with van der Waals surface area (Å²) in [5.41, 5.74) is 0. The minimum atomic E-state index is 0.0417. The van der Waals surface area contributed by atoms with Crippen LogP contribution in [-0.4, -0.2) is 63.1 Å². The Hall–Kier alpha value is -0.200. The molecule has 0 amide bonds. The summed E-state index contributed by atoms with van der Waals surface area (Å²) in [6.45, 7) is 8.03. The van der Waals surface area contributed by atoms with Gasteiger partial charge in [-0.05, 0) is 12.8 Å². The van der Waals surface area contributed by atoms with Crippen molar-refractivity contribution in [3.63, 3.8) is 0 Å². The van der Waals surface area contributed by atoms with Crippen LogP contribution in [0.4, 0.5) is 0 Å².